The molecule has 0 unspecified atom stereocenters. The molecule has 2 aliphatic heterocycles. The smallest absolute Gasteiger partial charge is 0.195 e. The quantitative estimate of drug-likeness (QED) is 0.358. The summed E-state index contributed by atoms with van der Waals surface area (Å²) in [5.41, 5.74) is 2.09. The second kappa shape index (κ2) is 11.2. The number of fused-ring (bicyclic) bond motifs is 1. The van der Waals surface area contributed by atoms with Crippen LogP contribution in [0.15, 0.2) is 41.5 Å². The van der Waals surface area contributed by atoms with Gasteiger partial charge in [0.2, 0.25) is 0 Å². The van der Waals surface area contributed by atoms with Crippen molar-refractivity contribution in [3.05, 3.63) is 42.1 Å². The number of hydrogen-bond donors (Lipinski definition) is 2. The van der Waals surface area contributed by atoms with Gasteiger partial charge in [-0.3, -0.25) is 4.99 Å². The minimum Gasteiger partial charge on any atom is -0.490 e. The highest BCUT2D eigenvalue weighted by Crippen LogP contribution is 2.32. The lowest BCUT2D eigenvalue weighted by Gasteiger charge is -2.28. The molecule has 1 saturated heterocycles. The van der Waals surface area contributed by atoms with E-state index in [0.29, 0.717) is 25.7 Å². The van der Waals surface area contributed by atoms with Crippen molar-refractivity contribution in [1.82, 2.24) is 10.3 Å². The SMILES string of the molecule is CN=C(NCc1ccnc(N2CCCCC2)c1)Nc1ccc2c(c1)OCCCO2.I. The zero-order valence-electron chi connectivity index (χ0n) is 17.4. The Morgan fingerprint density at radius 3 is 2.63 bits per heavy atom. The Bertz CT molecular complexity index is 855. The van der Waals surface area contributed by atoms with E-state index in [1.54, 1.807) is 7.05 Å². The molecule has 0 aliphatic carbocycles. The van der Waals surface area contributed by atoms with Crippen LogP contribution in [0.3, 0.4) is 0 Å². The Kier molecular flexibility index (Phi) is 8.41. The molecule has 1 fully saturated rings. The highest BCUT2D eigenvalue weighted by molar-refractivity contribution is 14.0. The van der Waals surface area contributed by atoms with Crippen LogP contribution in [0.2, 0.25) is 0 Å². The van der Waals surface area contributed by atoms with Gasteiger partial charge >= 0.3 is 0 Å². The van der Waals surface area contributed by atoms with E-state index < -0.39 is 0 Å². The summed E-state index contributed by atoms with van der Waals surface area (Å²) in [5, 5.41) is 6.70. The molecule has 162 valence electrons. The lowest BCUT2D eigenvalue weighted by molar-refractivity contribution is 0.297. The topological polar surface area (TPSA) is 71.0 Å². The first-order valence-electron chi connectivity index (χ1n) is 10.4. The van der Waals surface area contributed by atoms with Crippen LogP contribution in [0, 0.1) is 0 Å². The molecule has 0 amide bonds. The number of nitrogens with zero attached hydrogens (tertiary/aromatic N) is 3. The van der Waals surface area contributed by atoms with E-state index >= 15 is 0 Å². The number of guanidine groups is 1. The molecule has 0 radical (unpaired) electrons. The molecule has 8 heteroatoms. The predicted molar refractivity (Wildman–Crippen MR) is 132 cm³/mol. The summed E-state index contributed by atoms with van der Waals surface area (Å²) in [6, 6.07) is 10.1. The number of anilines is 2. The van der Waals surface area contributed by atoms with Crippen LogP contribution in [-0.2, 0) is 6.54 Å². The van der Waals surface area contributed by atoms with Crippen molar-refractivity contribution in [3.63, 3.8) is 0 Å². The Labute approximate surface area is 195 Å². The molecule has 0 spiro atoms. The van der Waals surface area contributed by atoms with Gasteiger partial charge in [0, 0.05) is 51.1 Å². The van der Waals surface area contributed by atoms with Gasteiger partial charge in [-0.1, -0.05) is 0 Å². The van der Waals surface area contributed by atoms with E-state index in [9.17, 15) is 0 Å². The molecule has 2 N–H and O–H groups in total. The molecular weight excluding hydrogens is 493 g/mol. The number of piperidine rings is 1. The summed E-state index contributed by atoms with van der Waals surface area (Å²) < 4.78 is 11.5. The number of ether oxygens (including phenoxy) is 2. The van der Waals surface area contributed by atoms with Crippen LogP contribution in [0.25, 0.3) is 0 Å². The fraction of sp³-hybridized carbons (Fsp3) is 0.455. The fourth-order valence-electron chi connectivity index (χ4n) is 3.61. The van der Waals surface area contributed by atoms with Crippen molar-refractivity contribution < 1.29 is 9.47 Å². The third kappa shape index (κ3) is 5.90. The van der Waals surface area contributed by atoms with E-state index in [4.69, 9.17) is 9.47 Å². The van der Waals surface area contributed by atoms with Crippen LogP contribution in [-0.4, -0.2) is 44.3 Å². The van der Waals surface area contributed by atoms with Gasteiger partial charge in [-0.25, -0.2) is 4.98 Å². The lowest BCUT2D eigenvalue weighted by Crippen LogP contribution is -2.31. The van der Waals surface area contributed by atoms with Crippen LogP contribution in [0.5, 0.6) is 11.5 Å². The lowest BCUT2D eigenvalue weighted by atomic mass is 10.1. The number of pyridine rings is 1. The van der Waals surface area contributed by atoms with E-state index in [0.717, 1.165) is 42.5 Å². The van der Waals surface area contributed by atoms with Gasteiger partial charge in [-0.05, 0) is 49.1 Å². The van der Waals surface area contributed by atoms with E-state index in [1.807, 2.05) is 30.5 Å². The number of aliphatic imine (C=N–C) groups is 1. The molecule has 0 atom stereocenters. The molecule has 1 aromatic carbocycles. The van der Waals surface area contributed by atoms with Gasteiger partial charge in [0.15, 0.2) is 17.5 Å². The van der Waals surface area contributed by atoms with Gasteiger partial charge in [0.1, 0.15) is 5.82 Å². The molecule has 0 bridgehead atoms. The van der Waals surface area contributed by atoms with E-state index in [1.165, 1.54) is 24.8 Å². The predicted octanol–water partition coefficient (Wildman–Crippen LogP) is 4.04. The average molecular weight is 523 g/mol. The van der Waals surface area contributed by atoms with Crippen molar-refractivity contribution in [2.24, 2.45) is 4.99 Å². The molecule has 30 heavy (non-hydrogen) atoms. The largest absolute Gasteiger partial charge is 0.490 e. The number of rotatable bonds is 4. The summed E-state index contributed by atoms with van der Waals surface area (Å²) in [6.07, 6.45) is 6.60. The van der Waals surface area contributed by atoms with Crippen LogP contribution >= 0.6 is 24.0 Å². The number of hydrogen-bond acceptors (Lipinski definition) is 5. The van der Waals surface area contributed by atoms with Crippen molar-refractivity contribution in [2.75, 3.05) is 43.6 Å². The Hall–Kier alpha value is -2.23. The van der Waals surface area contributed by atoms with E-state index in [2.05, 4.69) is 31.6 Å². The Morgan fingerprint density at radius 1 is 1.03 bits per heavy atom. The second-order valence-electron chi connectivity index (χ2n) is 7.33. The molecule has 2 aromatic rings. The minimum absolute atomic E-state index is 0. The van der Waals surface area contributed by atoms with Crippen molar-refractivity contribution in [2.45, 2.75) is 32.2 Å². The first kappa shape index (κ1) is 22.5. The van der Waals surface area contributed by atoms with Crippen LogP contribution in [0.4, 0.5) is 11.5 Å². The summed E-state index contributed by atoms with van der Waals surface area (Å²) in [6.45, 7) is 4.22. The number of nitrogens with one attached hydrogen (secondary N) is 2. The van der Waals surface area contributed by atoms with E-state index in [-0.39, 0.29) is 24.0 Å². The summed E-state index contributed by atoms with van der Waals surface area (Å²) in [5.74, 6) is 3.33. The summed E-state index contributed by atoms with van der Waals surface area (Å²) in [7, 11) is 1.77. The molecule has 7 nitrogen and oxygen atoms in total. The Balaban J connectivity index is 0.00000256. The highest BCUT2D eigenvalue weighted by atomic mass is 127. The van der Waals surface area contributed by atoms with Crippen LogP contribution < -0.4 is 25.0 Å². The standard InChI is InChI=1S/C22H29N5O2.HI/c1-23-22(26-18-6-7-19-20(15-18)29-13-5-12-28-19)25-16-17-8-9-24-21(14-17)27-10-3-2-4-11-27;/h6-9,14-15H,2-5,10-13,16H2,1H3,(H2,23,25,26);1H. The molecule has 2 aliphatic rings. The van der Waals surface area contributed by atoms with Crippen molar-refractivity contribution in [1.29, 1.82) is 0 Å². The van der Waals surface area contributed by atoms with Gasteiger partial charge in [-0.15, -0.1) is 24.0 Å². The van der Waals surface area contributed by atoms with Gasteiger partial charge in [0.25, 0.3) is 0 Å². The molecular formula is C22H30IN5O2. The maximum Gasteiger partial charge on any atom is 0.195 e. The monoisotopic (exact) mass is 523 g/mol. The summed E-state index contributed by atoms with van der Waals surface area (Å²) >= 11 is 0. The normalized spacial score (nSPS) is 16.3. The third-order valence-corrected chi connectivity index (χ3v) is 5.18. The zero-order chi connectivity index (χ0) is 19.9. The summed E-state index contributed by atoms with van der Waals surface area (Å²) in [4.78, 5) is 11.3. The maximum atomic E-state index is 5.77. The molecule has 4 rings (SSSR count). The average Bonchev–Trinajstić information content (AvgIpc) is 3.02. The number of aromatic nitrogens is 1. The molecule has 1 aromatic heterocycles. The first-order chi connectivity index (χ1) is 14.3. The highest BCUT2D eigenvalue weighted by Gasteiger charge is 2.13. The molecule has 0 saturated carbocycles. The van der Waals surface area contributed by atoms with Gasteiger partial charge < -0.3 is 25.0 Å². The van der Waals surface area contributed by atoms with Crippen molar-refractivity contribution >= 4 is 41.4 Å². The third-order valence-electron chi connectivity index (χ3n) is 5.18. The zero-order valence-corrected chi connectivity index (χ0v) is 19.7. The fourth-order valence-corrected chi connectivity index (χ4v) is 3.61. The molecule has 3 heterocycles. The minimum atomic E-state index is 0. The van der Waals surface area contributed by atoms with Crippen molar-refractivity contribution in [3.8, 4) is 11.5 Å². The maximum absolute atomic E-state index is 5.77. The number of halogens is 1. The second-order valence-corrected chi connectivity index (χ2v) is 7.33. The Morgan fingerprint density at radius 2 is 1.83 bits per heavy atom. The first-order valence-corrected chi connectivity index (χ1v) is 10.4. The number of benzene rings is 1. The van der Waals surface area contributed by atoms with Crippen LogP contribution in [0.1, 0.15) is 31.2 Å². The van der Waals surface area contributed by atoms with Gasteiger partial charge in [0.05, 0.1) is 13.2 Å². The van der Waals surface area contributed by atoms with Gasteiger partial charge in [-0.2, -0.15) is 0 Å².